The standard InChI is InChI=1S/C17H25N3O2S2/c1-17(2,3)13-8-18-14(22-13)10-23-15-9-19-16(24-15)20-11-5-4-6-12(21)7-11/h8-9,11-12,21H,4-7,10H2,1-3H3,(H,19,20). The molecule has 1 aliphatic rings. The Morgan fingerprint density at radius 3 is 2.88 bits per heavy atom. The summed E-state index contributed by atoms with van der Waals surface area (Å²) >= 11 is 3.34. The lowest BCUT2D eigenvalue weighted by atomic mass is 9.93. The second kappa shape index (κ2) is 7.45. The van der Waals surface area contributed by atoms with Crippen LogP contribution in [-0.2, 0) is 11.2 Å². The van der Waals surface area contributed by atoms with Gasteiger partial charge in [0.2, 0.25) is 5.89 Å². The molecule has 0 aromatic carbocycles. The first-order chi connectivity index (χ1) is 11.4. The molecule has 2 N–H and O–H groups in total. The SMILES string of the molecule is CC(C)(C)c1cnc(CSc2cnc(NC3CCCC(O)C3)s2)o1. The number of nitrogens with zero attached hydrogens (tertiary/aromatic N) is 2. The second-order valence-electron chi connectivity index (χ2n) is 7.30. The highest BCUT2D eigenvalue weighted by atomic mass is 32.2. The number of hydrogen-bond donors (Lipinski definition) is 2. The smallest absolute Gasteiger partial charge is 0.204 e. The van der Waals surface area contributed by atoms with Crippen LogP contribution in [0.2, 0.25) is 0 Å². The predicted molar refractivity (Wildman–Crippen MR) is 98.8 cm³/mol. The van der Waals surface area contributed by atoms with Crippen molar-refractivity contribution in [2.24, 2.45) is 0 Å². The molecule has 1 aliphatic carbocycles. The van der Waals surface area contributed by atoms with E-state index in [-0.39, 0.29) is 11.5 Å². The number of aromatic nitrogens is 2. The van der Waals surface area contributed by atoms with Crippen LogP contribution in [0.15, 0.2) is 21.0 Å². The molecule has 0 saturated heterocycles. The Labute approximate surface area is 151 Å². The van der Waals surface area contributed by atoms with Crippen molar-refractivity contribution in [3.63, 3.8) is 0 Å². The maximum Gasteiger partial charge on any atom is 0.204 e. The summed E-state index contributed by atoms with van der Waals surface area (Å²) in [6, 6.07) is 0.332. The fourth-order valence-corrected chi connectivity index (χ4v) is 4.52. The van der Waals surface area contributed by atoms with Crippen LogP contribution in [0.4, 0.5) is 5.13 Å². The summed E-state index contributed by atoms with van der Waals surface area (Å²) in [5.74, 6) is 2.38. The Hall–Kier alpha value is -1.05. The Bertz CT molecular complexity index is 663. The van der Waals surface area contributed by atoms with E-state index in [2.05, 4.69) is 36.1 Å². The zero-order valence-corrected chi connectivity index (χ0v) is 16.0. The van der Waals surface area contributed by atoms with E-state index >= 15 is 0 Å². The average Bonchev–Trinajstić information content (AvgIpc) is 3.13. The first-order valence-electron chi connectivity index (χ1n) is 8.38. The van der Waals surface area contributed by atoms with Crippen molar-refractivity contribution >= 4 is 28.2 Å². The van der Waals surface area contributed by atoms with E-state index in [4.69, 9.17) is 4.42 Å². The number of aliphatic hydroxyl groups excluding tert-OH is 1. The molecule has 0 bridgehead atoms. The summed E-state index contributed by atoms with van der Waals surface area (Å²) in [4.78, 5) is 8.81. The van der Waals surface area contributed by atoms with Crippen molar-refractivity contribution in [2.75, 3.05) is 5.32 Å². The maximum atomic E-state index is 9.75. The summed E-state index contributed by atoms with van der Waals surface area (Å²) in [7, 11) is 0. The molecule has 5 nitrogen and oxygen atoms in total. The maximum absolute atomic E-state index is 9.75. The molecular weight excluding hydrogens is 342 g/mol. The van der Waals surface area contributed by atoms with E-state index in [0.29, 0.717) is 11.8 Å². The number of hydrogen-bond acceptors (Lipinski definition) is 7. The van der Waals surface area contributed by atoms with Gasteiger partial charge >= 0.3 is 0 Å². The topological polar surface area (TPSA) is 71.2 Å². The summed E-state index contributed by atoms with van der Waals surface area (Å²) in [6.07, 6.45) is 7.45. The molecule has 0 aliphatic heterocycles. The summed E-state index contributed by atoms with van der Waals surface area (Å²) < 4.78 is 6.96. The van der Waals surface area contributed by atoms with Gasteiger partial charge in [-0.2, -0.15) is 0 Å². The minimum atomic E-state index is -0.174. The Morgan fingerprint density at radius 1 is 1.33 bits per heavy atom. The van der Waals surface area contributed by atoms with Gasteiger partial charge in [-0.25, -0.2) is 9.97 Å². The van der Waals surface area contributed by atoms with Gasteiger partial charge in [0.15, 0.2) is 5.13 Å². The molecule has 7 heteroatoms. The third-order valence-corrected chi connectivity index (χ3v) is 6.20. The van der Waals surface area contributed by atoms with Gasteiger partial charge < -0.3 is 14.8 Å². The van der Waals surface area contributed by atoms with Gasteiger partial charge in [-0.1, -0.05) is 32.1 Å². The minimum Gasteiger partial charge on any atom is -0.444 e. The van der Waals surface area contributed by atoms with Crippen molar-refractivity contribution in [1.29, 1.82) is 0 Å². The Balaban J connectivity index is 1.51. The van der Waals surface area contributed by atoms with Gasteiger partial charge in [0.1, 0.15) is 5.76 Å². The molecule has 24 heavy (non-hydrogen) atoms. The third kappa shape index (κ3) is 4.74. The highest BCUT2D eigenvalue weighted by Crippen LogP contribution is 2.33. The van der Waals surface area contributed by atoms with E-state index in [1.54, 1.807) is 23.1 Å². The lowest BCUT2D eigenvalue weighted by Crippen LogP contribution is -2.29. The molecule has 2 aromatic heterocycles. The van der Waals surface area contributed by atoms with Crippen LogP contribution in [-0.4, -0.2) is 27.2 Å². The van der Waals surface area contributed by atoms with Crippen LogP contribution >= 0.6 is 23.1 Å². The third-order valence-electron chi connectivity index (χ3n) is 4.09. The van der Waals surface area contributed by atoms with Crippen molar-refractivity contribution in [3.05, 3.63) is 24.0 Å². The van der Waals surface area contributed by atoms with Crippen LogP contribution in [0.3, 0.4) is 0 Å². The van der Waals surface area contributed by atoms with Crippen LogP contribution < -0.4 is 5.32 Å². The van der Waals surface area contributed by atoms with Crippen LogP contribution in [0.1, 0.15) is 58.1 Å². The van der Waals surface area contributed by atoms with Gasteiger partial charge in [0.05, 0.1) is 28.5 Å². The Morgan fingerprint density at radius 2 is 2.17 bits per heavy atom. The van der Waals surface area contributed by atoms with E-state index in [1.165, 1.54) is 0 Å². The largest absolute Gasteiger partial charge is 0.444 e. The second-order valence-corrected chi connectivity index (χ2v) is 9.61. The van der Waals surface area contributed by atoms with E-state index in [9.17, 15) is 5.11 Å². The summed E-state index contributed by atoms with van der Waals surface area (Å²) in [5.41, 5.74) is -0.0118. The number of aliphatic hydroxyl groups is 1. The van der Waals surface area contributed by atoms with E-state index in [0.717, 1.165) is 46.7 Å². The van der Waals surface area contributed by atoms with Gasteiger partial charge in [0.25, 0.3) is 0 Å². The van der Waals surface area contributed by atoms with Crippen molar-refractivity contribution < 1.29 is 9.52 Å². The molecule has 2 heterocycles. The lowest BCUT2D eigenvalue weighted by Gasteiger charge is -2.26. The Kier molecular flexibility index (Phi) is 5.52. The first-order valence-corrected chi connectivity index (χ1v) is 10.2. The number of anilines is 1. The monoisotopic (exact) mass is 367 g/mol. The molecule has 2 aromatic rings. The predicted octanol–water partition coefficient (Wildman–Crippen LogP) is 4.44. The number of oxazole rings is 1. The van der Waals surface area contributed by atoms with Gasteiger partial charge in [-0.05, 0) is 25.7 Å². The molecule has 0 radical (unpaired) electrons. The molecule has 0 spiro atoms. The highest BCUT2D eigenvalue weighted by molar-refractivity contribution is 8.00. The normalized spacial score (nSPS) is 21.8. The average molecular weight is 368 g/mol. The molecular formula is C17H25N3O2S2. The molecule has 2 unspecified atom stereocenters. The number of thioether (sulfide) groups is 1. The van der Waals surface area contributed by atoms with Crippen molar-refractivity contribution in [3.8, 4) is 0 Å². The van der Waals surface area contributed by atoms with Gasteiger partial charge in [0, 0.05) is 11.5 Å². The van der Waals surface area contributed by atoms with E-state index < -0.39 is 0 Å². The molecule has 132 valence electrons. The molecule has 2 atom stereocenters. The number of thiazole rings is 1. The fourth-order valence-electron chi connectivity index (χ4n) is 2.72. The zero-order valence-electron chi connectivity index (χ0n) is 14.4. The molecule has 0 amide bonds. The molecule has 1 fully saturated rings. The van der Waals surface area contributed by atoms with Gasteiger partial charge in [-0.15, -0.1) is 11.8 Å². The van der Waals surface area contributed by atoms with Crippen molar-refractivity contribution in [1.82, 2.24) is 9.97 Å². The van der Waals surface area contributed by atoms with Crippen LogP contribution in [0.5, 0.6) is 0 Å². The number of rotatable bonds is 5. The quantitative estimate of drug-likeness (QED) is 0.762. The minimum absolute atomic E-state index is 0.0118. The van der Waals surface area contributed by atoms with Gasteiger partial charge in [-0.3, -0.25) is 0 Å². The molecule has 3 rings (SSSR count). The van der Waals surface area contributed by atoms with Crippen molar-refractivity contribution in [2.45, 2.75) is 74.0 Å². The number of nitrogens with one attached hydrogen (secondary N) is 1. The fraction of sp³-hybridized carbons (Fsp3) is 0.647. The van der Waals surface area contributed by atoms with E-state index in [1.807, 2.05) is 12.4 Å². The first kappa shape index (κ1) is 17.8. The highest BCUT2D eigenvalue weighted by Gasteiger charge is 2.21. The lowest BCUT2D eigenvalue weighted by molar-refractivity contribution is 0.124. The molecule has 1 saturated carbocycles. The zero-order chi connectivity index (χ0) is 17.2. The van der Waals surface area contributed by atoms with Crippen LogP contribution in [0.25, 0.3) is 0 Å². The summed E-state index contributed by atoms with van der Waals surface area (Å²) in [5, 5.41) is 14.1. The van der Waals surface area contributed by atoms with Crippen LogP contribution in [0, 0.1) is 0 Å². The summed E-state index contributed by atoms with van der Waals surface area (Å²) in [6.45, 7) is 6.36.